The summed E-state index contributed by atoms with van der Waals surface area (Å²) in [4.78, 5) is 6.71. The lowest BCUT2D eigenvalue weighted by molar-refractivity contribution is -0.137. The van der Waals surface area contributed by atoms with Crippen LogP contribution in [0.25, 0.3) is 11.3 Å². The zero-order chi connectivity index (χ0) is 23.5. The Morgan fingerprint density at radius 2 is 1.91 bits per heavy atom. The number of likely N-dealkylation sites (tertiary alicyclic amines) is 1. The standard InChI is InChI=1S/C24H26F3N3O2S/c1-32-33(31,22-6-4-5-20(15-22)24(25,26)27)29-21-12-14-30(17-21)16-18-8-10-19(11-9-18)23-7-2-3-13-28-23/h2-11,13,15,21,29,31H,12,14,16-17H2,1H3. The SMILES string of the molecule is COS(O)(NC1CCN(Cc2ccc(-c3ccccn3)cc2)C1)c1cccc(C(F)(F)F)c1. The minimum absolute atomic E-state index is 0.100. The Labute approximate surface area is 193 Å². The van der Waals surface area contributed by atoms with Crippen LogP contribution < -0.4 is 4.72 Å². The molecule has 3 aromatic rings. The third kappa shape index (κ3) is 5.74. The average Bonchev–Trinajstić information content (AvgIpc) is 3.26. The Morgan fingerprint density at radius 1 is 1.12 bits per heavy atom. The van der Waals surface area contributed by atoms with E-state index in [-0.39, 0.29) is 10.9 Å². The van der Waals surface area contributed by atoms with Gasteiger partial charge in [0.2, 0.25) is 0 Å². The number of pyridine rings is 1. The van der Waals surface area contributed by atoms with Gasteiger partial charge in [-0.1, -0.05) is 36.4 Å². The molecule has 2 N–H and O–H groups in total. The summed E-state index contributed by atoms with van der Waals surface area (Å²) in [5, 5.41) is 0. The maximum atomic E-state index is 13.1. The molecule has 1 aromatic heterocycles. The molecule has 2 heterocycles. The van der Waals surface area contributed by atoms with Gasteiger partial charge in [0, 0.05) is 37.4 Å². The van der Waals surface area contributed by atoms with Crippen LogP contribution in [0.4, 0.5) is 13.2 Å². The van der Waals surface area contributed by atoms with E-state index in [0.717, 1.165) is 48.5 Å². The number of halogens is 3. The lowest BCUT2D eigenvalue weighted by Crippen LogP contribution is -2.35. The summed E-state index contributed by atoms with van der Waals surface area (Å²) in [6, 6.07) is 18.6. The van der Waals surface area contributed by atoms with E-state index in [2.05, 4.69) is 26.7 Å². The predicted molar refractivity (Wildman–Crippen MR) is 123 cm³/mol. The molecule has 1 fully saturated rings. The number of rotatable bonds is 7. The Bertz CT molecular complexity index is 1070. The maximum absolute atomic E-state index is 13.1. The van der Waals surface area contributed by atoms with Crippen LogP contribution in [0.1, 0.15) is 17.5 Å². The number of nitrogens with one attached hydrogen (secondary N) is 1. The molecular formula is C24H26F3N3O2S. The van der Waals surface area contributed by atoms with Gasteiger partial charge in [-0.2, -0.15) is 13.2 Å². The predicted octanol–water partition coefficient (Wildman–Crippen LogP) is 5.74. The molecule has 1 aliphatic rings. The van der Waals surface area contributed by atoms with Crippen LogP contribution >= 0.6 is 10.8 Å². The van der Waals surface area contributed by atoms with Crippen molar-refractivity contribution in [1.82, 2.24) is 14.6 Å². The van der Waals surface area contributed by atoms with Crippen LogP contribution in [0.5, 0.6) is 0 Å². The van der Waals surface area contributed by atoms with Crippen molar-refractivity contribution in [2.24, 2.45) is 0 Å². The summed E-state index contributed by atoms with van der Waals surface area (Å²) >= 11 is 0. The highest BCUT2D eigenvalue weighted by Crippen LogP contribution is 2.50. The Balaban J connectivity index is 1.38. The van der Waals surface area contributed by atoms with E-state index < -0.39 is 22.5 Å². The van der Waals surface area contributed by atoms with Crippen molar-refractivity contribution in [3.8, 4) is 11.3 Å². The van der Waals surface area contributed by atoms with Crippen LogP contribution in [0.3, 0.4) is 0 Å². The van der Waals surface area contributed by atoms with E-state index in [9.17, 15) is 17.7 Å². The van der Waals surface area contributed by atoms with Crippen molar-refractivity contribution in [2.75, 3.05) is 20.2 Å². The molecular weight excluding hydrogens is 451 g/mol. The molecule has 0 amide bonds. The van der Waals surface area contributed by atoms with Gasteiger partial charge in [0.15, 0.2) is 0 Å². The fourth-order valence-electron chi connectivity index (χ4n) is 3.93. The molecule has 0 bridgehead atoms. The third-order valence-corrected chi connectivity index (χ3v) is 7.67. The first kappa shape index (κ1) is 23.7. The number of benzene rings is 2. The van der Waals surface area contributed by atoms with Gasteiger partial charge in [-0.05, 0) is 42.3 Å². The largest absolute Gasteiger partial charge is 0.416 e. The minimum Gasteiger partial charge on any atom is -0.297 e. The van der Waals surface area contributed by atoms with E-state index >= 15 is 0 Å². The summed E-state index contributed by atoms with van der Waals surface area (Å²) in [7, 11) is -1.73. The molecule has 4 rings (SSSR count). The lowest BCUT2D eigenvalue weighted by atomic mass is 10.1. The number of hydrogen-bond donors (Lipinski definition) is 2. The second-order valence-electron chi connectivity index (χ2n) is 7.97. The highest BCUT2D eigenvalue weighted by molar-refractivity contribution is 8.23. The van der Waals surface area contributed by atoms with Gasteiger partial charge < -0.3 is 0 Å². The quantitative estimate of drug-likeness (QED) is 0.454. The second-order valence-corrected chi connectivity index (χ2v) is 10.1. The van der Waals surface area contributed by atoms with Crippen molar-refractivity contribution >= 4 is 10.8 Å². The first-order valence-electron chi connectivity index (χ1n) is 10.6. The molecule has 9 heteroatoms. The summed E-state index contributed by atoms with van der Waals surface area (Å²) < 4.78 is 58.7. The van der Waals surface area contributed by atoms with Crippen molar-refractivity contribution in [1.29, 1.82) is 0 Å². The van der Waals surface area contributed by atoms with Gasteiger partial charge in [-0.3, -0.25) is 18.6 Å². The average molecular weight is 478 g/mol. The normalized spacial score (nSPS) is 19.8. The molecule has 0 saturated carbocycles. The van der Waals surface area contributed by atoms with Crippen molar-refractivity contribution in [3.63, 3.8) is 0 Å². The highest BCUT2D eigenvalue weighted by Gasteiger charge is 2.33. The van der Waals surface area contributed by atoms with Crippen molar-refractivity contribution in [3.05, 3.63) is 84.1 Å². The highest BCUT2D eigenvalue weighted by atomic mass is 32.3. The molecule has 2 aromatic carbocycles. The Morgan fingerprint density at radius 3 is 2.58 bits per heavy atom. The number of alkyl halides is 3. The molecule has 1 aliphatic heterocycles. The van der Waals surface area contributed by atoms with Gasteiger partial charge in [0.1, 0.15) is 0 Å². The molecule has 2 atom stereocenters. The summed E-state index contributed by atoms with van der Waals surface area (Å²) in [5.74, 6) is 0. The number of aromatic nitrogens is 1. The summed E-state index contributed by atoms with van der Waals surface area (Å²) in [5.41, 5.74) is 2.32. The monoisotopic (exact) mass is 477 g/mol. The lowest BCUT2D eigenvalue weighted by Gasteiger charge is -2.39. The van der Waals surface area contributed by atoms with Crippen LogP contribution in [-0.2, 0) is 16.9 Å². The molecule has 2 unspecified atom stereocenters. The van der Waals surface area contributed by atoms with Crippen molar-refractivity contribution < 1.29 is 21.9 Å². The second kappa shape index (κ2) is 9.82. The topological polar surface area (TPSA) is 57.6 Å². The van der Waals surface area contributed by atoms with Crippen LogP contribution in [0.15, 0.2) is 77.8 Å². The van der Waals surface area contributed by atoms with Crippen molar-refractivity contribution in [2.45, 2.75) is 30.1 Å². The molecule has 5 nitrogen and oxygen atoms in total. The van der Waals surface area contributed by atoms with Gasteiger partial charge >= 0.3 is 6.18 Å². The third-order valence-electron chi connectivity index (χ3n) is 5.64. The first-order valence-corrected chi connectivity index (χ1v) is 12.1. The zero-order valence-corrected chi connectivity index (χ0v) is 18.9. The van der Waals surface area contributed by atoms with Gasteiger partial charge in [0.25, 0.3) is 0 Å². The maximum Gasteiger partial charge on any atom is 0.416 e. The van der Waals surface area contributed by atoms with Gasteiger partial charge in [-0.25, -0.2) is 4.72 Å². The molecule has 176 valence electrons. The van der Waals surface area contributed by atoms with Crippen LogP contribution in [0, 0.1) is 0 Å². The van der Waals surface area contributed by atoms with E-state index in [0.29, 0.717) is 6.54 Å². The summed E-state index contributed by atoms with van der Waals surface area (Å²) in [6.07, 6.45) is -1.97. The smallest absolute Gasteiger partial charge is 0.297 e. The molecule has 0 spiro atoms. The van der Waals surface area contributed by atoms with E-state index in [1.54, 1.807) is 6.20 Å². The molecule has 0 radical (unpaired) electrons. The minimum atomic E-state index is -4.49. The molecule has 0 aliphatic carbocycles. The summed E-state index contributed by atoms with van der Waals surface area (Å²) in [6.45, 7) is 2.20. The number of hydrogen-bond acceptors (Lipinski definition) is 5. The molecule has 33 heavy (non-hydrogen) atoms. The molecule has 1 saturated heterocycles. The van der Waals surface area contributed by atoms with Crippen LogP contribution in [-0.4, -0.2) is 40.7 Å². The Hall–Kier alpha value is -2.43. The Kier molecular flexibility index (Phi) is 7.06. The zero-order valence-electron chi connectivity index (χ0n) is 18.1. The van der Waals surface area contributed by atoms with Gasteiger partial charge in [-0.15, -0.1) is 10.8 Å². The van der Waals surface area contributed by atoms with Crippen LogP contribution in [0.2, 0.25) is 0 Å². The van der Waals surface area contributed by atoms with E-state index in [1.165, 1.54) is 19.2 Å². The van der Waals surface area contributed by atoms with E-state index in [1.807, 2.05) is 30.3 Å². The fourth-order valence-corrected chi connectivity index (χ4v) is 5.55. The van der Waals surface area contributed by atoms with E-state index in [4.69, 9.17) is 4.18 Å². The fraction of sp³-hybridized carbons (Fsp3) is 0.292. The first-order chi connectivity index (χ1) is 15.8. The van der Waals surface area contributed by atoms with Gasteiger partial charge in [0.05, 0.1) is 23.3 Å². The number of nitrogens with zero attached hydrogens (tertiary/aromatic N) is 2.